The third kappa shape index (κ3) is 4.77. The van der Waals surface area contributed by atoms with Crippen molar-refractivity contribution in [1.29, 1.82) is 5.26 Å². The lowest BCUT2D eigenvalue weighted by molar-refractivity contribution is -0.116. The number of aromatic nitrogens is 2. The predicted octanol–water partition coefficient (Wildman–Crippen LogP) is 4.78. The molecule has 0 bridgehead atoms. The number of nitriles is 1. The minimum Gasteiger partial charge on any atom is -0.468 e. The molecule has 0 fully saturated rings. The van der Waals surface area contributed by atoms with E-state index in [1.165, 1.54) is 29.4 Å². The number of nitrogens with zero attached hydrogens (tertiary/aromatic N) is 4. The molecule has 11 heteroatoms. The Morgan fingerprint density at radius 1 is 1.32 bits per heavy atom. The Labute approximate surface area is 222 Å². The number of aryl methyl sites for hydroxylation is 2. The molecular weight excluding hydrogens is 508 g/mol. The van der Waals surface area contributed by atoms with Crippen LogP contribution in [0.25, 0.3) is 0 Å². The molecule has 3 aromatic rings. The SMILES string of the molecule is Cc1ccc(NC(=O)CSc2nnc(N3C(N)=C(C#N)C(c4ccco4)C4=C3CCCC4=O)s2)c(C)c1. The molecule has 3 N–H and O–H groups in total. The fourth-order valence-corrected chi connectivity index (χ4v) is 6.34. The molecule has 37 heavy (non-hydrogen) atoms. The van der Waals surface area contributed by atoms with E-state index in [0.717, 1.165) is 22.5 Å². The Morgan fingerprint density at radius 3 is 2.89 bits per heavy atom. The number of nitrogens with two attached hydrogens (primary N) is 1. The number of anilines is 2. The van der Waals surface area contributed by atoms with Gasteiger partial charge < -0.3 is 15.5 Å². The molecule has 3 heterocycles. The van der Waals surface area contributed by atoms with Crippen molar-refractivity contribution in [2.45, 2.75) is 43.4 Å². The first-order valence-corrected chi connectivity index (χ1v) is 13.5. The minimum atomic E-state index is -0.644. The van der Waals surface area contributed by atoms with Gasteiger partial charge in [0, 0.05) is 23.4 Å². The van der Waals surface area contributed by atoms with E-state index in [1.807, 2.05) is 32.0 Å². The van der Waals surface area contributed by atoms with E-state index >= 15 is 0 Å². The number of amides is 1. The van der Waals surface area contributed by atoms with Crippen molar-refractivity contribution in [3.63, 3.8) is 0 Å². The maximum Gasteiger partial charge on any atom is 0.234 e. The number of allylic oxidation sites excluding steroid dienone is 3. The van der Waals surface area contributed by atoms with Crippen molar-refractivity contribution in [3.05, 3.63) is 76.1 Å². The van der Waals surface area contributed by atoms with Gasteiger partial charge >= 0.3 is 0 Å². The van der Waals surface area contributed by atoms with Gasteiger partial charge in [-0.25, -0.2) is 0 Å². The monoisotopic (exact) mass is 532 g/mol. The van der Waals surface area contributed by atoms with Crippen LogP contribution in [0.5, 0.6) is 0 Å². The summed E-state index contributed by atoms with van der Waals surface area (Å²) in [6.45, 7) is 3.96. The number of hydrogen-bond donors (Lipinski definition) is 2. The van der Waals surface area contributed by atoms with Crippen molar-refractivity contribution in [1.82, 2.24) is 10.2 Å². The topological polar surface area (TPSA) is 138 Å². The van der Waals surface area contributed by atoms with Crippen LogP contribution < -0.4 is 16.0 Å². The second-order valence-electron chi connectivity index (χ2n) is 8.84. The van der Waals surface area contributed by atoms with Crippen LogP contribution >= 0.6 is 23.1 Å². The van der Waals surface area contributed by atoms with Crippen molar-refractivity contribution >= 4 is 45.6 Å². The Bertz CT molecular complexity index is 1480. The number of carbonyl (C=O) groups excluding carboxylic acids is 2. The largest absolute Gasteiger partial charge is 0.468 e. The summed E-state index contributed by atoms with van der Waals surface area (Å²) in [5, 5.41) is 21.9. The highest BCUT2D eigenvalue weighted by molar-refractivity contribution is 8.01. The molecule has 0 saturated heterocycles. The van der Waals surface area contributed by atoms with Crippen molar-refractivity contribution in [2.75, 3.05) is 16.0 Å². The second-order valence-corrected chi connectivity index (χ2v) is 11.0. The van der Waals surface area contributed by atoms with Crippen molar-refractivity contribution < 1.29 is 14.0 Å². The number of furan rings is 1. The molecule has 1 unspecified atom stereocenters. The van der Waals surface area contributed by atoms with Gasteiger partial charge in [0.15, 0.2) is 10.1 Å². The third-order valence-electron chi connectivity index (χ3n) is 6.31. The molecule has 5 rings (SSSR count). The number of carbonyl (C=O) groups is 2. The number of thioether (sulfide) groups is 1. The number of benzene rings is 1. The maximum absolute atomic E-state index is 13.1. The Kier molecular flexibility index (Phi) is 6.86. The molecule has 1 aliphatic carbocycles. The maximum atomic E-state index is 13.1. The molecule has 188 valence electrons. The zero-order valence-corrected chi connectivity index (χ0v) is 21.9. The highest BCUT2D eigenvalue weighted by Gasteiger charge is 2.42. The standard InChI is InChI=1S/C26H24N6O3S2/c1-14-8-9-17(15(2)11-14)29-21(34)13-36-26-31-30-25(37-26)32-18-5-3-6-19(33)23(18)22(16(12-27)24(32)28)20-7-4-10-35-20/h4,7-11,22H,3,5-6,13,28H2,1-2H3,(H,29,34). The Hall–Kier alpha value is -3.88. The molecule has 0 saturated carbocycles. The molecule has 2 aliphatic rings. The van der Waals surface area contributed by atoms with Gasteiger partial charge in [-0.2, -0.15) is 5.26 Å². The van der Waals surface area contributed by atoms with Crippen LogP contribution in [0, 0.1) is 25.2 Å². The van der Waals surface area contributed by atoms with Crippen LogP contribution in [0.15, 0.2) is 68.0 Å². The molecule has 9 nitrogen and oxygen atoms in total. The average Bonchev–Trinajstić information content (AvgIpc) is 3.56. The first-order valence-electron chi connectivity index (χ1n) is 11.7. The first-order chi connectivity index (χ1) is 17.9. The molecular formula is C26H24N6O3S2. The van der Waals surface area contributed by atoms with Gasteiger partial charge in [0.1, 0.15) is 11.6 Å². The van der Waals surface area contributed by atoms with Gasteiger partial charge in [-0.3, -0.25) is 14.5 Å². The van der Waals surface area contributed by atoms with Crippen molar-refractivity contribution in [3.8, 4) is 6.07 Å². The lowest BCUT2D eigenvalue weighted by Crippen LogP contribution is -2.38. The zero-order valence-electron chi connectivity index (χ0n) is 20.3. The van der Waals surface area contributed by atoms with Gasteiger partial charge in [-0.15, -0.1) is 10.2 Å². The predicted molar refractivity (Wildman–Crippen MR) is 142 cm³/mol. The third-order valence-corrected chi connectivity index (χ3v) is 8.35. The molecule has 1 aromatic carbocycles. The molecule has 0 spiro atoms. The van der Waals surface area contributed by atoms with E-state index in [1.54, 1.807) is 17.0 Å². The lowest BCUT2D eigenvalue weighted by atomic mass is 9.78. The summed E-state index contributed by atoms with van der Waals surface area (Å²) in [6.07, 6.45) is 3.20. The average molecular weight is 533 g/mol. The summed E-state index contributed by atoms with van der Waals surface area (Å²) in [7, 11) is 0. The van der Waals surface area contributed by atoms with Crippen LogP contribution in [0.3, 0.4) is 0 Å². The van der Waals surface area contributed by atoms with Gasteiger partial charge in [0.05, 0.1) is 29.6 Å². The molecule has 2 aromatic heterocycles. The second kappa shape index (κ2) is 10.2. The fraction of sp³-hybridized carbons (Fsp3) is 0.269. The van der Waals surface area contributed by atoms with Gasteiger partial charge in [0.25, 0.3) is 0 Å². The Morgan fingerprint density at radius 2 is 2.16 bits per heavy atom. The van der Waals surface area contributed by atoms with Crippen LogP contribution in [0.1, 0.15) is 42.1 Å². The summed E-state index contributed by atoms with van der Waals surface area (Å²) in [5.41, 5.74) is 10.9. The highest BCUT2D eigenvalue weighted by atomic mass is 32.2. The lowest BCUT2D eigenvalue weighted by Gasteiger charge is -2.37. The molecule has 1 aliphatic heterocycles. The normalized spacial score (nSPS) is 17.6. The van der Waals surface area contributed by atoms with E-state index in [0.29, 0.717) is 40.1 Å². The Balaban J connectivity index is 1.39. The quantitative estimate of drug-likeness (QED) is 0.429. The zero-order chi connectivity index (χ0) is 26.1. The number of hydrogen-bond acceptors (Lipinski definition) is 10. The molecule has 1 atom stereocenters. The van der Waals surface area contributed by atoms with E-state index in [9.17, 15) is 14.9 Å². The summed E-state index contributed by atoms with van der Waals surface area (Å²) < 4.78 is 6.17. The summed E-state index contributed by atoms with van der Waals surface area (Å²) >= 11 is 2.52. The summed E-state index contributed by atoms with van der Waals surface area (Å²) in [4.78, 5) is 27.3. The van der Waals surface area contributed by atoms with E-state index < -0.39 is 5.92 Å². The van der Waals surface area contributed by atoms with Crippen LogP contribution in [-0.2, 0) is 9.59 Å². The van der Waals surface area contributed by atoms with Crippen LogP contribution in [0.4, 0.5) is 10.8 Å². The van der Waals surface area contributed by atoms with Crippen LogP contribution in [-0.4, -0.2) is 27.6 Å². The summed E-state index contributed by atoms with van der Waals surface area (Å²) in [5.74, 6) is 0.0405. The molecule has 0 radical (unpaired) electrons. The first kappa shape index (κ1) is 24.8. The van der Waals surface area contributed by atoms with Gasteiger partial charge in [-0.1, -0.05) is 40.8 Å². The van der Waals surface area contributed by atoms with Crippen LogP contribution in [0.2, 0.25) is 0 Å². The van der Waals surface area contributed by atoms with E-state index in [-0.39, 0.29) is 28.8 Å². The smallest absolute Gasteiger partial charge is 0.234 e. The molecule has 1 amide bonds. The number of nitrogens with one attached hydrogen (secondary N) is 1. The van der Waals surface area contributed by atoms with Crippen molar-refractivity contribution in [2.24, 2.45) is 5.73 Å². The minimum absolute atomic E-state index is 0.0323. The fourth-order valence-electron chi connectivity index (χ4n) is 4.66. The van der Waals surface area contributed by atoms with E-state index in [4.69, 9.17) is 10.2 Å². The number of rotatable bonds is 6. The number of Topliss-reactive ketones (excluding diaryl/α,β-unsaturated/α-hetero) is 1. The van der Waals surface area contributed by atoms with Gasteiger partial charge in [0.2, 0.25) is 11.0 Å². The summed E-state index contributed by atoms with van der Waals surface area (Å²) in [6, 6.07) is 11.5. The highest BCUT2D eigenvalue weighted by Crippen LogP contribution is 2.47. The van der Waals surface area contributed by atoms with E-state index in [2.05, 4.69) is 21.6 Å². The van der Waals surface area contributed by atoms with Gasteiger partial charge in [-0.05, 0) is 50.5 Å². The number of ketones is 1.